The van der Waals surface area contributed by atoms with Crippen molar-refractivity contribution in [3.8, 4) is 0 Å². The molecule has 15 rings (SSSR count). The Kier molecular flexibility index (Phi) is 11.9. The van der Waals surface area contributed by atoms with Crippen molar-refractivity contribution >= 4 is 57.4 Å². The van der Waals surface area contributed by atoms with E-state index in [9.17, 15) is 9.59 Å². The monoisotopic (exact) mass is 1150 g/mol. The number of amides is 4. The summed E-state index contributed by atoms with van der Waals surface area (Å²) < 4.78 is 94.9. The highest BCUT2D eigenvalue weighted by Gasteiger charge is 2.73. The fraction of sp³-hybridized carbons (Fsp3) is 0.607. The van der Waals surface area contributed by atoms with Gasteiger partial charge in [0.15, 0.2) is 23.3 Å². The lowest BCUT2D eigenvalue weighted by Gasteiger charge is -2.55. The minimum Gasteiger partial charge on any atom is -0.424 e. The molecule has 440 valence electrons. The molecule has 11 atom stereocenters. The van der Waals surface area contributed by atoms with Crippen LogP contribution in [0.5, 0.6) is 0 Å². The maximum Gasteiger partial charge on any atom is 0.406 e. The Bertz CT molecular complexity index is 3520. The van der Waals surface area contributed by atoms with Crippen LogP contribution in [0.4, 0.5) is 38.5 Å². The van der Waals surface area contributed by atoms with Crippen molar-refractivity contribution in [3.63, 3.8) is 0 Å². The van der Waals surface area contributed by atoms with Crippen LogP contribution >= 0.6 is 0 Å². The summed E-state index contributed by atoms with van der Waals surface area (Å²) in [5, 5.41) is 0. The highest BCUT2D eigenvalue weighted by Crippen LogP contribution is 2.66. The molecule has 2 spiro atoms. The minimum atomic E-state index is -2.16. The van der Waals surface area contributed by atoms with Crippen LogP contribution in [-0.4, -0.2) is 117 Å². The number of benzene rings is 3. The maximum absolute atomic E-state index is 17.7. The van der Waals surface area contributed by atoms with Crippen LogP contribution in [0.2, 0.25) is 0 Å². The molecule has 10 heterocycles. The van der Waals surface area contributed by atoms with Crippen LogP contribution in [0.3, 0.4) is 0 Å². The number of carbonyl (C=O) groups excluding carboxylic acids is 4. The van der Waals surface area contributed by atoms with E-state index < -0.39 is 111 Å². The van der Waals surface area contributed by atoms with Gasteiger partial charge in [0.05, 0.1) is 56.8 Å². The summed E-state index contributed by atoms with van der Waals surface area (Å²) in [6.45, 7) is 5.94. The number of ether oxygens (including phenoxy) is 4. The zero-order valence-corrected chi connectivity index (χ0v) is 46.8. The zero-order chi connectivity index (χ0) is 57.3. The SMILES string of the molecule is CC1CC(C2C[C@@H]3CCC[C@@]34c3cc5[nH]c(nc5cc3F)[C@@](OC(N)=O)(C3CCOCC3)C(=O)N24)N(c2cc(F)c(N3CCCCC3)c(F)c2)[C@@]1(C)C1C[C@@H]2CCC[C@@]23c2cc4[nH]c(nc4cc2F)[C@@](OC(N)=O)(C2CCOCC2)C(=O)N13. The van der Waals surface area contributed by atoms with Crippen LogP contribution in [0.25, 0.3) is 22.1 Å². The fourth-order valence-electron chi connectivity index (χ4n) is 19.1. The standard InChI is InChI=1S/C61H70F4N10O8/c1-31-22-47(48-23-34-8-6-14-58(34)37-27-43-45(29-39(37)62)70-51(68-43)60(82-55(66)78,53(76)74(48)58)32-10-18-80-19-11-32)73(36-25-41(64)50(42(65)26-36)72-16-4-3-5-17-72)57(31,2)49-24-35-9-7-15-59(35)38-28-44-46(30-40(38)63)71-52(69-44)61(83-56(67)79,54(77)75(49)59)33-12-20-81-21-13-33/h25-35,47-49H,3-24H2,1-2H3,(H2,66,78)(H2,67,79)(H,68,70)(H,69,71)/t31?,34-,35-,47?,48?,49?,57+,58-,59-,60-,61-/m0/s1. The molecule has 4 unspecified atom stereocenters. The van der Waals surface area contributed by atoms with E-state index in [-0.39, 0.29) is 116 Å². The number of nitrogens with two attached hydrogens (primary N) is 2. The smallest absolute Gasteiger partial charge is 0.406 e. The molecule has 6 saturated heterocycles. The average molecular weight is 1150 g/mol. The van der Waals surface area contributed by atoms with Gasteiger partial charge in [-0.05, 0) is 139 Å². The second kappa shape index (κ2) is 18.7. The highest BCUT2D eigenvalue weighted by molar-refractivity contribution is 5.94. The summed E-state index contributed by atoms with van der Waals surface area (Å²) in [4.78, 5) is 85.2. The van der Waals surface area contributed by atoms with Crippen molar-refractivity contribution in [1.82, 2.24) is 29.7 Å². The van der Waals surface area contributed by atoms with Crippen molar-refractivity contribution in [1.29, 1.82) is 0 Å². The largest absolute Gasteiger partial charge is 0.424 e. The van der Waals surface area contributed by atoms with E-state index in [2.05, 4.69) is 9.97 Å². The Morgan fingerprint density at radius 2 is 1.08 bits per heavy atom. The normalized spacial score (nSPS) is 35.2. The molecule has 8 fully saturated rings. The third-order valence-corrected chi connectivity index (χ3v) is 22.6. The summed E-state index contributed by atoms with van der Waals surface area (Å²) in [7, 11) is 0. The molecule has 2 aromatic heterocycles. The Morgan fingerprint density at radius 1 is 0.602 bits per heavy atom. The number of primary amides is 2. The van der Waals surface area contributed by atoms with Crippen LogP contribution < -0.4 is 21.3 Å². The summed E-state index contributed by atoms with van der Waals surface area (Å²) in [6.07, 6.45) is 5.21. The van der Waals surface area contributed by atoms with E-state index >= 15 is 27.2 Å². The number of aromatic amines is 2. The molecule has 4 amide bonds. The van der Waals surface area contributed by atoms with Crippen molar-refractivity contribution < 1.29 is 55.7 Å². The number of piperidine rings is 1. The molecule has 2 saturated carbocycles. The van der Waals surface area contributed by atoms with Crippen LogP contribution in [0, 0.1) is 52.9 Å². The summed E-state index contributed by atoms with van der Waals surface area (Å²) in [5.41, 5.74) is 5.87. The van der Waals surface area contributed by atoms with Gasteiger partial charge in [-0.25, -0.2) is 37.1 Å². The summed E-state index contributed by atoms with van der Waals surface area (Å²) >= 11 is 0. The lowest BCUT2D eigenvalue weighted by atomic mass is 9.75. The van der Waals surface area contributed by atoms with Gasteiger partial charge in [0.25, 0.3) is 23.0 Å². The Hall–Kier alpha value is -6.68. The molecule has 0 radical (unpaired) electrons. The van der Waals surface area contributed by atoms with Gasteiger partial charge in [-0.1, -0.05) is 19.8 Å². The van der Waals surface area contributed by atoms with Crippen LogP contribution in [-0.2, 0) is 50.8 Å². The van der Waals surface area contributed by atoms with Gasteiger partial charge in [0.1, 0.15) is 17.3 Å². The molecule has 83 heavy (non-hydrogen) atoms. The lowest BCUT2D eigenvalue weighted by molar-refractivity contribution is -0.175. The minimum absolute atomic E-state index is 0.00303. The van der Waals surface area contributed by atoms with Crippen molar-refractivity contribution in [2.45, 2.75) is 163 Å². The first-order chi connectivity index (χ1) is 40.0. The number of hydrogen-bond acceptors (Lipinski definition) is 12. The molecular formula is C61H70F4N10O8. The van der Waals surface area contributed by atoms with Crippen molar-refractivity contribution in [2.75, 3.05) is 49.3 Å². The van der Waals surface area contributed by atoms with Gasteiger partial charge in [-0.3, -0.25) is 9.59 Å². The van der Waals surface area contributed by atoms with E-state index in [0.29, 0.717) is 75.5 Å². The van der Waals surface area contributed by atoms with Gasteiger partial charge in [-0.15, -0.1) is 0 Å². The van der Waals surface area contributed by atoms with Gasteiger partial charge in [0.2, 0.25) is 0 Å². The van der Waals surface area contributed by atoms with Gasteiger partial charge in [0, 0.05) is 80.3 Å². The van der Waals surface area contributed by atoms with Gasteiger partial charge in [-0.2, -0.15) is 0 Å². The van der Waals surface area contributed by atoms with Crippen molar-refractivity contribution in [3.05, 3.63) is 82.4 Å². The predicted molar refractivity (Wildman–Crippen MR) is 293 cm³/mol. The molecule has 2 aliphatic carbocycles. The Morgan fingerprint density at radius 3 is 1.60 bits per heavy atom. The van der Waals surface area contributed by atoms with Crippen LogP contribution in [0.1, 0.15) is 139 Å². The molecule has 6 N–H and O–H groups in total. The number of aromatic nitrogens is 4. The van der Waals surface area contributed by atoms with E-state index in [1.807, 2.05) is 18.7 Å². The van der Waals surface area contributed by atoms with Crippen LogP contribution in [0.15, 0.2) is 36.4 Å². The average Bonchev–Trinajstić information content (AvgIpc) is 1.98. The number of nitrogens with one attached hydrogen (secondary N) is 2. The fourth-order valence-corrected chi connectivity index (χ4v) is 19.1. The predicted octanol–water partition coefficient (Wildman–Crippen LogP) is 9.01. The third kappa shape index (κ3) is 7.07. The molecular weight excluding hydrogens is 1080 g/mol. The van der Waals surface area contributed by atoms with E-state index in [1.54, 1.807) is 26.8 Å². The second-order valence-electron chi connectivity index (χ2n) is 26.0. The molecule has 8 aliphatic heterocycles. The number of carbonyl (C=O) groups is 4. The lowest BCUT2D eigenvalue weighted by Crippen LogP contribution is -2.69. The molecule has 3 aromatic carbocycles. The van der Waals surface area contributed by atoms with Gasteiger partial charge < -0.3 is 60.0 Å². The maximum atomic E-state index is 17.7. The Labute approximate surface area is 476 Å². The first kappa shape index (κ1) is 53.1. The quantitative estimate of drug-likeness (QED) is 0.107. The number of H-pyrrole nitrogens is 2. The summed E-state index contributed by atoms with van der Waals surface area (Å²) in [5.74, 6) is -6.55. The Balaban J connectivity index is 0.966. The van der Waals surface area contributed by atoms with E-state index in [1.165, 1.54) is 24.3 Å². The molecule has 18 nitrogen and oxygen atoms in total. The molecule has 5 aromatic rings. The third-order valence-electron chi connectivity index (χ3n) is 22.6. The first-order valence-electron chi connectivity index (χ1n) is 30.2. The number of rotatable bonds is 8. The molecule has 22 heteroatoms. The molecule has 6 bridgehead atoms. The topological polar surface area (TPSA) is 228 Å². The summed E-state index contributed by atoms with van der Waals surface area (Å²) in [6, 6.07) is 6.34. The zero-order valence-electron chi connectivity index (χ0n) is 46.8. The number of fused-ring (bicyclic) bond motifs is 4. The van der Waals surface area contributed by atoms with E-state index in [4.69, 9.17) is 40.4 Å². The number of halogens is 4. The van der Waals surface area contributed by atoms with E-state index in [0.717, 1.165) is 19.3 Å². The number of hydrogen-bond donors (Lipinski definition) is 4. The van der Waals surface area contributed by atoms with Crippen molar-refractivity contribution in [2.24, 2.45) is 41.1 Å². The number of imidazole rings is 2. The number of anilines is 2. The highest BCUT2D eigenvalue weighted by atomic mass is 19.1. The van der Waals surface area contributed by atoms with Gasteiger partial charge >= 0.3 is 12.2 Å². The molecule has 10 aliphatic rings. The second-order valence-corrected chi connectivity index (χ2v) is 26.0. The first-order valence-corrected chi connectivity index (χ1v) is 30.2. The number of nitrogens with zero attached hydrogens (tertiary/aromatic N) is 6.